The summed E-state index contributed by atoms with van der Waals surface area (Å²) in [7, 11) is 0. The van der Waals surface area contributed by atoms with Gasteiger partial charge >= 0.3 is 0 Å². The molecular weight excluding hydrogens is 266 g/mol. The fourth-order valence-electron chi connectivity index (χ4n) is 2.77. The van der Waals surface area contributed by atoms with Crippen LogP contribution in [0.3, 0.4) is 0 Å². The van der Waals surface area contributed by atoms with Gasteiger partial charge in [0.2, 0.25) is 0 Å². The molecule has 0 fully saturated rings. The smallest absolute Gasteiger partial charge is 0.0428 e. The first-order chi connectivity index (χ1) is 10.8. The van der Waals surface area contributed by atoms with E-state index in [0.717, 1.165) is 5.71 Å². The monoisotopic (exact) mass is 303 g/mol. The SMILES string of the molecule is C=C/C=C\N=C(C=C)C(CCCCCC)CCCCCCC. The van der Waals surface area contributed by atoms with Crippen molar-refractivity contribution in [1.82, 2.24) is 0 Å². The summed E-state index contributed by atoms with van der Waals surface area (Å²) in [6.07, 6.45) is 22.0. The lowest BCUT2D eigenvalue weighted by Gasteiger charge is -2.17. The van der Waals surface area contributed by atoms with Crippen LogP contribution in [-0.4, -0.2) is 5.71 Å². The molecule has 1 nitrogen and oxygen atoms in total. The van der Waals surface area contributed by atoms with Gasteiger partial charge in [0.15, 0.2) is 0 Å². The van der Waals surface area contributed by atoms with Crippen molar-refractivity contribution in [3.8, 4) is 0 Å². The number of allylic oxidation sites excluding steroid dienone is 3. The molecule has 0 aromatic rings. The standard InChI is InChI=1S/C21H37N/c1-5-9-12-14-16-18-20(17-15-13-10-6-2)21(8-4)22-19-11-7-3/h7-8,11,19-20H,3-6,9-10,12-18H2,1-2H3/b19-11-,22-21?. The van der Waals surface area contributed by atoms with Crippen LogP contribution < -0.4 is 0 Å². The highest BCUT2D eigenvalue weighted by molar-refractivity contribution is 5.96. The van der Waals surface area contributed by atoms with E-state index in [1.807, 2.05) is 18.4 Å². The van der Waals surface area contributed by atoms with Crippen molar-refractivity contribution < 1.29 is 0 Å². The Labute approximate surface area is 139 Å². The molecule has 1 heteroatoms. The maximum atomic E-state index is 4.59. The Kier molecular flexibility index (Phi) is 15.4. The molecule has 0 heterocycles. The lowest BCUT2D eigenvalue weighted by atomic mass is 9.90. The third-order valence-electron chi connectivity index (χ3n) is 4.14. The molecule has 1 unspecified atom stereocenters. The minimum Gasteiger partial charge on any atom is -0.261 e. The Morgan fingerprint density at radius 1 is 0.864 bits per heavy atom. The van der Waals surface area contributed by atoms with Gasteiger partial charge in [-0.25, -0.2) is 0 Å². The number of unbranched alkanes of at least 4 members (excludes halogenated alkanes) is 7. The van der Waals surface area contributed by atoms with Crippen molar-refractivity contribution in [3.05, 3.63) is 37.6 Å². The predicted octanol–water partition coefficient (Wildman–Crippen LogP) is 7.26. The van der Waals surface area contributed by atoms with E-state index in [0.29, 0.717) is 5.92 Å². The molecule has 0 saturated heterocycles. The number of hydrogen-bond acceptors (Lipinski definition) is 1. The normalized spacial score (nSPS) is 13.5. The molecule has 0 N–H and O–H groups in total. The molecule has 0 aliphatic rings. The summed E-state index contributed by atoms with van der Waals surface area (Å²) in [5.74, 6) is 0.574. The van der Waals surface area contributed by atoms with Crippen molar-refractivity contribution in [2.24, 2.45) is 10.9 Å². The van der Waals surface area contributed by atoms with Gasteiger partial charge in [-0.1, -0.05) is 90.9 Å². The van der Waals surface area contributed by atoms with E-state index in [1.165, 1.54) is 70.6 Å². The number of hydrogen-bond donors (Lipinski definition) is 0. The highest BCUT2D eigenvalue weighted by Crippen LogP contribution is 2.21. The molecular formula is C21H37N. The van der Waals surface area contributed by atoms with Gasteiger partial charge in [-0.3, -0.25) is 4.99 Å². The van der Waals surface area contributed by atoms with Crippen molar-refractivity contribution >= 4 is 5.71 Å². The van der Waals surface area contributed by atoms with Crippen LogP contribution in [0.4, 0.5) is 0 Å². The van der Waals surface area contributed by atoms with Crippen molar-refractivity contribution in [2.75, 3.05) is 0 Å². The second-order valence-electron chi connectivity index (χ2n) is 6.08. The zero-order valence-electron chi connectivity index (χ0n) is 15.0. The molecule has 0 saturated carbocycles. The first-order valence-electron chi connectivity index (χ1n) is 9.27. The van der Waals surface area contributed by atoms with Crippen molar-refractivity contribution in [1.29, 1.82) is 0 Å². The maximum Gasteiger partial charge on any atom is 0.0428 e. The van der Waals surface area contributed by atoms with Gasteiger partial charge in [0.05, 0.1) is 0 Å². The fourth-order valence-corrected chi connectivity index (χ4v) is 2.77. The molecule has 0 amide bonds. The average molecular weight is 304 g/mol. The number of nitrogens with zero attached hydrogens (tertiary/aromatic N) is 1. The van der Waals surface area contributed by atoms with Gasteiger partial charge in [0, 0.05) is 17.8 Å². The molecule has 0 aliphatic carbocycles. The van der Waals surface area contributed by atoms with Gasteiger partial charge in [0.25, 0.3) is 0 Å². The Balaban J connectivity index is 4.45. The van der Waals surface area contributed by atoms with Crippen LogP contribution >= 0.6 is 0 Å². The van der Waals surface area contributed by atoms with E-state index in [2.05, 4.69) is 32.0 Å². The van der Waals surface area contributed by atoms with Crippen LogP contribution in [0.5, 0.6) is 0 Å². The number of aliphatic imine (C=N–C) groups is 1. The van der Waals surface area contributed by atoms with Gasteiger partial charge in [0.1, 0.15) is 0 Å². The zero-order chi connectivity index (χ0) is 16.5. The van der Waals surface area contributed by atoms with Crippen molar-refractivity contribution in [3.63, 3.8) is 0 Å². The third kappa shape index (κ3) is 11.5. The quantitative estimate of drug-likeness (QED) is 0.171. The van der Waals surface area contributed by atoms with Gasteiger partial charge < -0.3 is 0 Å². The van der Waals surface area contributed by atoms with E-state index in [-0.39, 0.29) is 0 Å². The van der Waals surface area contributed by atoms with Gasteiger partial charge in [-0.15, -0.1) is 0 Å². The lowest BCUT2D eigenvalue weighted by molar-refractivity contribution is 0.491. The molecule has 126 valence electrons. The minimum atomic E-state index is 0.574. The number of rotatable bonds is 15. The predicted molar refractivity (Wildman–Crippen MR) is 103 cm³/mol. The Bertz CT molecular complexity index is 325. The topological polar surface area (TPSA) is 12.4 Å². The summed E-state index contributed by atoms with van der Waals surface area (Å²) in [5.41, 5.74) is 1.16. The minimum absolute atomic E-state index is 0.574. The van der Waals surface area contributed by atoms with E-state index >= 15 is 0 Å². The van der Waals surface area contributed by atoms with Crippen LogP contribution in [0.25, 0.3) is 0 Å². The molecule has 0 aromatic carbocycles. The van der Waals surface area contributed by atoms with E-state index < -0.39 is 0 Å². The van der Waals surface area contributed by atoms with Crippen LogP contribution in [0.15, 0.2) is 42.6 Å². The molecule has 0 bridgehead atoms. The van der Waals surface area contributed by atoms with Crippen molar-refractivity contribution in [2.45, 2.75) is 84.5 Å². The second-order valence-corrected chi connectivity index (χ2v) is 6.08. The Morgan fingerprint density at radius 2 is 1.41 bits per heavy atom. The van der Waals surface area contributed by atoms with Gasteiger partial charge in [-0.05, 0) is 25.0 Å². The first-order valence-corrected chi connectivity index (χ1v) is 9.27. The van der Waals surface area contributed by atoms with E-state index in [9.17, 15) is 0 Å². The molecule has 1 atom stereocenters. The summed E-state index contributed by atoms with van der Waals surface area (Å²) in [4.78, 5) is 4.59. The zero-order valence-corrected chi connectivity index (χ0v) is 15.0. The summed E-state index contributed by atoms with van der Waals surface area (Å²) in [6, 6.07) is 0. The van der Waals surface area contributed by atoms with E-state index in [1.54, 1.807) is 6.08 Å². The summed E-state index contributed by atoms with van der Waals surface area (Å²) in [6.45, 7) is 12.2. The molecule has 0 radical (unpaired) electrons. The molecule has 0 rings (SSSR count). The third-order valence-corrected chi connectivity index (χ3v) is 4.14. The summed E-state index contributed by atoms with van der Waals surface area (Å²) in [5, 5.41) is 0. The van der Waals surface area contributed by atoms with Crippen LogP contribution in [0.1, 0.15) is 84.5 Å². The molecule has 22 heavy (non-hydrogen) atoms. The van der Waals surface area contributed by atoms with Crippen LogP contribution in [0.2, 0.25) is 0 Å². The Hall–Kier alpha value is -1.11. The Morgan fingerprint density at radius 3 is 1.91 bits per heavy atom. The van der Waals surface area contributed by atoms with Crippen LogP contribution in [0, 0.1) is 5.92 Å². The lowest BCUT2D eigenvalue weighted by Crippen LogP contribution is -2.12. The molecule has 0 spiro atoms. The molecule has 0 aliphatic heterocycles. The largest absolute Gasteiger partial charge is 0.261 e. The highest BCUT2D eigenvalue weighted by atomic mass is 14.7. The molecule has 0 aromatic heterocycles. The maximum absolute atomic E-state index is 4.59. The second kappa shape index (κ2) is 16.3. The first kappa shape index (κ1) is 20.9. The summed E-state index contributed by atoms with van der Waals surface area (Å²) >= 11 is 0. The highest BCUT2D eigenvalue weighted by Gasteiger charge is 2.12. The van der Waals surface area contributed by atoms with E-state index in [4.69, 9.17) is 0 Å². The summed E-state index contributed by atoms with van der Waals surface area (Å²) < 4.78 is 0. The average Bonchev–Trinajstić information content (AvgIpc) is 2.54. The van der Waals surface area contributed by atoms with Gasteiger partial charge in [-0.2, -0.15) is 0 Å². The fraction of sp³-hybridized carbons (Fsp3) is 0.667. The van der Waals surface area contributed by atoms with Crippen LogP contribution in [-0.2, 0) is 0 Å².